The van der Waals surface area contributed by atoms with Crippen molar-refractivity contribution in [2.45, 2.75) is 0 Å². The van der Waals surface area contributed by atoms with E-state index < -0.39 is 0 Å². The first kappa shape index (κ1) is 3.46. The third-order valence-corrected chi connectivity index (χ3v) is 0.842. The molecule has 0 unspecified atom stereocenters. The highest BCUT2D eigenvalue weighted by atomic mass is 15.6. The van der Waals surface area contributed by atoms with Crippen LogP contribution < -0.4 is 0 Å². The number of nitrogens with zero attached hydrogens (tertiary/aromatic N) is 3. The van der Waals surface area contributed by atoms with Crippen molar-refractivity contribution in [1.29, 1.82) is 0 Å². The van der Waals surface area contributed by atoms with Crippen molar-refractivity contribution in [3.8, 4) is 0 Å². The molecule has 0 spiro atoms. The van der Waals surface area contributed by atoms with Crippen LogP contribution >= 0.6 is 0 Å². The van der Waals surface area contributed by atoms with Crippen molar-refractivity contribution >= 4 is 0 Å². The summed E-state index contributed by atoms with van der Waals surface area (Å²) >= 11 is 0. The molecule has 1 aromatic heterocycles. The van der Waals surface area contributed by atoms with Crippen LogP contribution in [0.4, 0.5) is 0 Å². The van der Waals surface area contributed by atoms with Gasteiger partial charge in [0.1, 0.15) is 6.33 Å². The van der Waals surface area contributed by atoms with Gasteiger partial charge in [-0.05, 0) is 0 Å². The van der Waals surface area contributed by atoms with Crippen LogP contribution in [0.1, 0.15) is 0 Å². The third-order valence-electron chi connectivity index (χ3n) is 0.842. The standard InChI is InChI=1S/C3H7N3/c1-5-3-4-6(5)2/h3H,1-2H3. The van der Waals surface area contributed by atoms with Gasteiger partial charge in [-0.3, -0.25) is 4.68 Å². The van der Waals surface area contributed by atoms with E-state index in [1.165, 1.54) is 0 Å². The van der Waals surface area contributed by atoms with Crippen LogP contribution in [0.3, 0.4) is 0 Å². The van der Waals surface area contributed by atoms with Crippen LogP contribution in [0.15, 0.2) is 6.33 Å². The van der Waals surface area contributed by atoms with E-state index in [0.29, 0.717) is 0 Å². The van der Waals surface area contributed by atoms with Gasteiger partial charge in [-0.2, -0.15) is 0 Å². The molecule has 6 heavy (non-hydrogen) atoms. The molecule has 0 aliphatic rings. The number of aryl methyl sites for hydroxylation is 2. The van der Waals surface area contributed by atoms with Crippen LogP contribution in [0.2, 0.25) is 0 Å². The Morgan fingerprint density at radius 2 is 2.00 bits per heavy atom. The Labute approximate surface area is 36.2 Å². The number of hydrogen-bond donors (Lipinski definition) is 0. The van der Waals surface area contributed by atoms with Gasteiger partial charge in [0, 0.05) is 14.1 Å². The van der Waals surface area contributed by atoms with E-state index in [1.54, 1.807) is 11.1 Å². The zero-order valence-electron chi connectivity index (χ0n) is 3.92. The van der Waals surface area contributed by atoms with Crippen molar-refractivity contribution in [2.24, 2.45) is 14.1 Å². The second-order valence-corrected chi connectivity index (χ2v) is 1.29. The van der Waals surface area contributed by atoms with Crippen molar-refractivity contribution in [1.82, 2.24) is 14.6 Å². The Hall–Kier alpha value is -0.730. The molecule has 0 N–H and O–H groups in total. The highest BCUT2D eigenvalue weighted by molar-refractivity contribution is 4.45. The molecule has 0 aromatic carbocycles. The normalized spacial score (nSPS) is 9.67. The predicted molar refractivity (Wildman–Crippen MR) is 22.2 cm³/mol. The lowest BCUT2D eigenvalue weighted by molar-refractivity contribution is 0.418. The molecule has 34 valence electrons. The van der Waals surface area contributed by atoms with Crippen molar-refractivity contribution in [3.05, 3.63) is 6.33 Å². The van der Waals surface area contributed by atoms with Gasteiger partial charge in [0.15, 0.2) is 0 Å². The number of hydrogen-bond acceptors (Lipinski definition) is 1. The Morgan fingerprint density at radius 3 is 2.00 bits per heavy atom. The molecule has 0 fully saturated rings. The lowest BCUT2D eigenvalue weighted by atomic mass is 11.1. The van der Waals surface area contributed by atoms with E-state index in [4.69, 9.17) is 0 Å². The van der Waals surface area contributed by atoms with E-state index >= 15 is 0 Å². The second-order valence-electron chi connectivity index (χ2n) is 1.29. The molecule has 1 heterocycles. The molecule has 1 aromatic rings. The SMILES string of the molecule is Cn1cnn1C. The maximum Gasteiger partial charge on any atom is 0.133 e. The molecule has 0 saturated carbocycles. The molecule has 0 saturated heterocycles. The van der Waals surface area contributed by atoms with E-state index in [9.17, 15) is 0 Å². The van der Waals surface area contributed by atoms with Crippen LogP contribution in [-0.2, 0) is 14.1 Å². The fraction of sp³-hybridized carbons (Fsp3) is 0.667. The third kappa shape index (κ3) is 0.246. The summed E-state index contributed by atoms with van der Waals surface area (Å²) < 4.78 is 1.89. The van der Waals surface area contributed by atoms with Gasteiger partial charge in [0.05, 0.1) is 0 Å². The molecule has 0 aliphatic heterocycles. The van der Waals surface area contributed by atoms with Crippen LogP contribution in [-0.4, -0.2) is 14.6 Å². The molecule has 0 atom stereocenters. The summed E-state index contributed by atoms with van der Waals surface area (Å²) in [5.74, 6) is 0. The minimum atomic E-state index is 1.75. The minimum absolute atomic E-state index is 1.75. The lowest BCUT2D eigenvalue weighted by Crippen LogP contribution is -2.17. The fourth-order valence-electron chi connectivity index (χ4n) is 0.258. The van der Waals surface area contributed by atoms with E-state index in [2.05, 4.69) is 5.10 Å². The molecule has 3 heteroatoms. The molecule has 0 bridgehead atoms. The quantitative estimate of drug-likeness (QED) is 0.426. The topological polar surface area (TPSA) is 22.8 Å². The first-order valence-electron chi connectivity index (χ1n) is 1.81. The number of rotatable bonds is 0. The smallest absolute Gasteiger partial charge is 0.133 e. The molecule has 0 amide bonds. The first-order valence-corrected chi connectivity index (χ1v) is 1.81. The van der Waals surface area contributed by atoms with Gasteiger partial charge in [-0.15, -0.1) is 5.10 Å². The van der Waals surface area contributed by atoms with E-state index in [0.717, 1.165) is 0 Å². The van der Waals surface area contributed by atoms with Crippen LogP contribution in [0, 0.1) is 0 Å². The van der Waals surface area contributed by atoms with Crippen molar-refractivity contribution in [2.75, 3.05) is 0 Å². The Bertz CT molecular complexity index is 112. The fourth-order valence-corrected chi connectivity index (χ4v) is 0.258. The molecule has 1 rings (SSSR count). The van der Waals surface area contributed by atoms with Gasteiger partial charge in [0.25, 0.3) is 0 Å². The first-order chi connectivity index (χ1) is 2.80. The molecule has 0 radical (unpaired) electrons. The summed E-state index contributed by atoms with van der Waals surface area (Å²) in [7, 11) is 3.83. The predicted octanol–water partition coefficient (Wildman–Crippen LogP) is -0.241. The molecular weight excluding hydrogens is 78.1 g/mol. The Morgan fingerprint density at radius 1 is 1.50 bits per heavy atom. The monoisotopic (exact) mass is 85.1 g/mol. The summed E-state index contributed by atoms with van der Waals surface area (Å²) in [6.45, 7) is 0. The maximum atomic E-state index is 3.78. The van der Waals surface area contributed by atoms with Gasteiger partial charge in [0.2, 0.25) is 0 Å². The average molecular weight is 85.1 g/mol. The minimum Gasteiger partial charge on any atom is -0.260 e. The average Bonchev–Trinajstić information content (AvgIpc) is 1.61. The van der Waals surface area contributed by atoms with Crippen LogP contribution in [0.5, 0.6) is 0 Å². The summed E-state index contributed by atoms with van der Waals surface area (Å²) in [5.41, 5.74) is 0. The maximum absolute atomic E-state index is 3.78. The number of aromatic nitrogens is 3. The zero-order chi connectivity index (χ0) is 4.57. The Kier molecular flexibility index (Phi) is 0.498. The second kappa shape index (κ2) is 0.864. The summed E-state index contributed by atoms with van der Waals surface area (Å²) in [6.07, 6.45) is 1.75. The Balaban J connectivity index is 2.87. The molecule has 0 aliphatic carbocycles. The van der Waals surface area contributed by atoms with Crippen LogP contribution in [0.25, 0.3) is 0 Å². The molecular formula is C3H7N3. The summed E-state index contributed by atoms with van der Waals surface area (Å²) in [5, 5.41) is 3.78. The largest absolute Gasteiger partial charge is 0.260 e. The lowest BCUT2D eigenvalue weighted by Gasteiger charge is -2.06. The van der Waals surface area contributed by atoms with E-state index in [1.807, 2.05) is 18.8 Å². The highest BCUT2D eigenvalue weighted by Crippen LogP contribution is 1.72. The van der Waals surface area contributed by atoms with Gasteiger partial charge >= 0.3 is 0 Å². The van der Waals surface area contributed by atoms with Gasteiger partial charge < -0.3 is 0 Å². The highest BCUT2D eigenvalue weighted by Gasteiger charge is 1.82. The van der Waals surface area contributed by atoms with E-state index in [-0.39, 0.29) is 0 Å². The summed E-state index contributed by atoms with van der Waals surface area (Å²) in [4.78, 5) is 1.75. The van der Waals surface area contributed by atoms with Crippen molar-refractivity contribution < 1.29 is 0 Å². The van der Waals surface area contributed by atoms with Crippen molar-refractivity contribution in [3.63, 3.8) is 0 Å². The van der Waals surface area contributed by atoms with Gasteiger partial charge in [-0.1, -0.05) is 0 Å². The van der Waals surface area contributed by atoms with Gasteiger partial charge in [-0.25, -0.2) is 4.80 Å². The summed E-state index contributed by atoms with van der Waals surface area (Å²) in [6, 6.07) is 0. The zero-order valence-corrected chi connectivity index (χ0v) is 3.92. The molecule has 3 nitrogen and oxygen atoms in total.